The Hall–Kier alpha value is -2.32. The lowest BCUT2D eigenvalue weighted by molar-refractivity contribution is 0.815. The Morgan fingerprint density at radius 2 is 2.10 bits per heavy atom. The molecule has 1 heterocycles. The van der Waals surface area contributed by atoms with E-state index in [0.29, 0.717) is 12.1 Å². The number of nitriles is 1. The molecule has 0 spiro atoms. The molecular weight excluding hydrogens is 268 g/mol. The van der Waals surface area contributed by atoms with Crippen molar-refractivity contribution in [1.29, 1.82) is 5.26 Å². The van der Waals surface area contributed by atoms with E-state index in [0.717, 1.165) is 18.1 Å². The van der Waals surface area contributed by atoms with E-state index in [1.165, 1.54) is 4.88 Å². The standard InChI is InChI=1S/C15H16N4S/c1-17-15(19-11-14-6-3-7-20-14)18-10-13-5-2-4-12(8-13)9-16/h2-8H,10-11H2,1H3,(H2,17,18,19). The molecule has 0 saturated carbocycles. The van der Waals surface area contributed by atoms with Crippen molar-refractivity contribution < 1.29 is 0 Å². The first-order valence-corrected chi connectivity index (χ1v) is 7.15. The van der Waals surface area contributed by atoms with E-state index < -0.39 is 0 Å². The molecule has 2 N–H and O–H groups in total. The Balaban J connectivity index is 1.86. The molecule has 1 aromatic heterocycles. The molecule has 0 aliphatic rings. The molecule has 5 heteroatoms. The number of nitrogens with zero attached hydrogens (tertiary/aromatic N) is 2. The van der Waals surface area contributed by atoms with Crippen LogP contribution in [0.3, 0.4) is 0 Å². The maximum Gasteiger partial charge on any atom is 0.191 e. The van der Waals surface area contributed by atoms with Gasteiger partial charge in [0.1, 0.15) is 0 Å². The smallest absolute Gasteiger partial charge is 0.191 e. The topological polar surface area (TPSA) is 60.2 Å². The molecule has 102 valence electrons. The zero-order chi connectivity index (χ0) is 14.2. The van der Waals surface area contributed by atoms with E-state index in [-0.39, 0.29) is 0 Å². The Morgan fingerprint density at radius 1 is 1.25 bits per heavy atom. The summed E-state index contributed by atoms with van der Waals surface area (Å²) in [6.45, 7) is 1.40. The zero-order valence-corrected chi connectivity index (χ0v) is 12.1. The van der Waals surface area contributed by atoms with Crippen molar-refractivity contribution >= 4 is 17.3 Å². The molecule has 2 aromatic rings. The lowest BCUT2D eigenvalue weighted by atomic mass is 10.1. The number of rotatable bonds is 4. The molecule has 20 heavy (non-hydrogen) atoms. The van der Waals surface area contributed by atoms with Crippen molar-refractivity contribution in [2.24, 2.45) is 4.99 Å². The quantitative estimate of drug-likeness (QED) is 0.670. The van der Waals surface area contributed by atoms with Crippen LogP contribution in [0.25, 0.3) is 0 Å². The highest BCUT2D eigenvalue weighted by Crippen LogP contribution is 2.07. The van der Waals surface area contributed by atoms with Crippen molar-refractivity contribution in [3.8, 4) is 6.07 Å². The van der Waals surface area contributed by atoms with Gasteiger partial charge < -0.3 is 10.6 Å². The first-order valence-electron chi connectivity index (χ1n) is 6.28. The summed E-state index contributed by atoms with van der Waals surface area (Å²) in [6.07, 6.45) is 0. The van der Waals surface area contributed by atoms with Crippen LogP contribution in [-0.2, 0) is 13.1 Å². The fourth-order valence-electron chi connectivity index (χ4n) is 1.74. The predicted molar refractivity (Wildman–Crippen MR) is 82.5 cm³/mol. The molecule has 0 aliphatic carbocycles. The Bertz CT molecular complexity index is 611. The van der Waals surface area contributed by atoms with Gasteiger partial charge in [-0.1, -0.05) is 18.2 Å². The fourth-order valence-corrected chi connectivity index (χ4v) is 2.39. The van der Waals surface area contributed by atoms with Crippen molar-refractivity contribution in [3.05, 3.63) is 57.8 Å². The molecule has 0 amide bonds. The van der Waals surface area contributed by atoms with Crippen LogP contribution in [0.1, 0.15) is 16.0 Å². The number of hydrogen-bond acceptors (Lipinski definition) is 3. The van der Waals surface area contributed by atoms with Crippen LogP contribution in [-0.4, -0.2) is 13.0 Å². The van der Waals surface area contributed by atoms with Gasteiger partial charge in [0, 0.05) is 18.5 Å². The average Bonchev–Trinajstić information content (AvgIpc) is 3.01. The molecule has 0 bridgehead atoms. The van der Waals surface area contributed by atoms with Crippen molar-refractivity contribution in [1.82, 2.24) is 10.6 Å². The minimum atomic E-state index is 0.639. The van der Waals surface area contributed by atoms with E-state index in [4.69, 9.17) is 5.26 Å². The maximum atomic E-state index is 8.87. The number of hydrogen-bond donors (Lipinski definition) is 2. The van der Waals surface area contributed by atoms with E-state index in [1.807, 2.05) is 24.3 Å². The summed E-state index contributed by atoms with van der Waals surface area (Å²) >= 11 is 1.71. The minimum Gasteiger partial charge on any atom is -0.352 e. The molecule has 4 nitrogen and oxygen atoms in total. The second-order valence-electron chi connectivity index (χ2n) is 4.17. The summed E-state index contributed by atoms with van der Waals surface area (Å²) < 4.78 is 0. The van der Waals surface area contributed by atoms with Gasteiger partial charge in [0.2, 0.25) is 0 Å². The monoisotopic (exact) mass is 284 g/mol. The Kier molecular flexibility index (Phi) is 5.15. The summed E-state index contributed by atoms with van der Waals surface area (Å²) in [5, 5.41) is 17.4. The van der Waals surface area contributed by atoms with Crippen LogP contribution in [0.4, 0.5) is 0 Å². The normalized spacial score (nSPS) is 10.9. The van der Waals surface area contributed by atoms with Gasteiger partial charge in [-0.2, -0.15) is 5.26 Å². The molecule has 0 unspecified atom stereocenters. The van der Waals surface area contributed by atoms with E-state index >= 15 is 0 Å². The third-order valence-corrected chi connectivity index (χ3v) is 3.63. The molecule has 0 radical (unpaired) electrons. The van der Waals surface area contributed by atoms with Crippen molar-refractivity contribution in [3.63, 3.8) is 0 Å². The first kappa shape index (κ1) is 14.1. The summed E-state index contributed by atoms with van der Waals surface area (Å²) in [4.78, 5) is 5.44. The van der Waals surface area contributed by atoms with Gasteiger partial charge >= 0.3 is 0 Å². The summed E-state index contributed by atoms with van der Waals surface area (Å²) in [7, 11) is 1.75. The van der Waals surface area contributed by atoms with Gasteiger partial charge in [0.15, 0.2) is 5.96 Å². The van der Waals surface area contributed by atoms with Crippen LogP contribution in [0, 0.1) is 11.3 Å². The van der Waals surface area contributed by atoms with Gasteiger partial charge in [-0.3, -0.25) is 4.99 Å². The highest BCUT2D eigenvalue weighted by molar-refractivity contribution is 7.09. The third kappa shape index (κ3) is 4.11. The van der Waals surface area contributed by atoms with Gasteiger partial charge in [-0.05, 0) is 29.1 Å². The lowest BCUT2D eigenvalue weighted by Crippen LogP contribution is -2.36. The zero-order valence-electron chi connectivity index (χ0n) is 11.3. The molecule has 2 rings (SSSR count). The summed E-state index contributed by atoms with van der Waals surface area (Å²) in [5.74, 6) is 0.751. The molecule has 0 aliphatic heterocycles. The Labute approximate surface area is 122 Å². The van der Waals surface area contributed by atoms with Gasteiger partial charge in [0.05, 0.1) is 18.2 Å². The van der Waals surface area contributed by atoms with Gasteiger partial charge in [-0.15, -0.1) is 11.3 Å². The SMILES string of the molecule is CN=C(NCc1cccc(C#N)c1)NCc1cccs1. The second kappa shape index (κ2) is 7.31. The Morgan fingerprint density at radius 3 is 2.80 bits per heavy atom. The molecule has 1 aromatic carbocycles. The number of thiophene rings is 1. The number of benzene rings is 1. The molecular formula is C15H16N4S. The van der Waals surface area contributed by atoms with Crippen molar-refractivity contribution in [2.75, 3.05) is 7.05 Å². The predicted octanol–water partition coefficient (Wildman–Crippen LogP) is 2.48. The van der Waals surface area contributed by atoms with Crippen LogP contribution in [0.5, 0.6) is 0 Å². The summed E-state index contributed by atoms with van der Waals surface area (Å²) in [5.41, 5.74) is 1.73. The highest BCUT2D eigenvalue weighted by Gasteiger charge is 2.00. The lowest BCUT2D eigenvalue weighted by Gasteiger charge is -2.11. The highest BCUT2D eigenvalue weighted by atomic mass is 32.1. The first-order chi connectivity index (χ1) is 9.81. The fraction of sp³-hybridized carbons (Fsp3) is 0.200. The maximum absolute atomic E-state index is 8.87. The van der Waals surface area contributed by atoms with Crippen LogP contribution in [0.15, 0.2) is 46.8 Å². The number of nitrogens with one attached hydrogen (secondary N) is 2. The van der Waals surface area contributed by atoms with Crippen LogP contribution in [0.2, 0.25) is 0 Å². The number of aliphatic imine (C=N–C) groups is 1. The van der Waals surface area contributed by atoms with Gasteiger partial charge in [-0.25, -0.2) is 0 Å². The minimum absolute atomic E-state index is 0.639. The van der Waals surface area contributed by atoms with E-state index in [1.54, 1.807) is 24.5 Å². The number of guanidine groups is 1. The second-order valence-corrected chi connectivity index (χ2v) is 5.20. The summed E-state index contributed by atoms with van der Waals surface area (Å²) in [6, 6.07) is 13.8. The van der Waals surface area contributed by atoms with E-state index in [2.05, 4.69) is 33.1 Å². The molecule has 0 fully saturated rings. The largest absolute Gasteiger partial charge is 0.352 e. The van der Waals surface area contributed by atoms with Gasteiger partial charge in [0.25, 0.3) is 0 Å². The third-order valence-electron chi connectivity index (χ3n) is 2.75. The van der Waals surface area contributed by atoms with E-state index in [9.17, 15) is 0 Å². The molecule has 0 atom stereocenters. The van der Waals surface area contributed by atoms with Crippen molar-refractivity contribution in [2.45, 2.75) is 13.1 Å². The molecule has 0 saturated heterocycles. The average molecular weight is 284 g/mol. The van der Waals surface area contributed by atoms with Crippen LogP contribution >= 0.6 is 11.3 Å². The van der Waals surface area contributed by atoms with Crippen LogP contribution < -0.4 is 10.6 Å².